The molecule has 1 unspecified atom stereocenters. The molecule has 1 heterocycles. The lowest BCUT2D eigenvalue weighted by Crippen LogP contribution is -2.21. The van der Waals surface area contributed by atoms with Crippen LogP contribution in [0.5, 0.6) is 0 Å². The smallest absolute Gasteiger partial charge is 0.124 e. The van der Waals surface area contributed by atoms with Gasteiger partial charge in [-0.15, -0.1) is 11.3 Å². The minimum atomic E-state index is -0.274. The third-order valence-corrected chi connectivity index (χ3v) is 3.97. The van der Waals surface area contributed by atoms with Gasteiger partial charge in [-0.05, 0) is 34.2 Å². The topological polar surface area (TPSA) is 34.2 Å². The number of ether oxygens (including phenoxy) is 1. The third kappa shape index (κ3) is 3.27. The molecule has 0 aliphatic rings. The van der Waals surface area contributed by atoms with Gasteiger partial charge >= 0.3 is 0 Å². The summed E-state index contributed by atoms with van der Waals surface area (Å²) in [7, 11) is 0. The number of aromatic nitrogens is 1. The summed E-state index contributed by atoms with van der Waals surface area (Å²) in [6, 6.07) is 0.369. The Morgan fingerprint density at radius 3 is 2.75 bits per heavy atom. The van der Waals surface area contributed by atoms with Crippen LogP contribution in [-0.2, 0) is 10.3 Å². The molecule has 0 radical (unpaired) electrons. The van der Waals surface area contributed by atoms with Crippen LogP contribution in [0.15, 0.2) is 6.20 Å². The first-order valence-electron chi connectivity index (χ1n) is 5.84. The van der Waals surface area contributed by atoms with Crippen LogP contribution in [0, 0.1) is 0 Å². The molecule has 1 aromatic heterocycles. The Hall–Kier alpha value is -0.450. The van der Waals surface area contributed by atoms with Crippen molar-refractivity contribution in [1.82, 2.24) is 10.3 Å². The molecule has 1 rings (SSSR count). The molecule has 0 aliphatic heterocycles. The maximum absolute atomic E-state index is 5.70. The Kier molecular flexibility index (Phi) is 4.89. The van der Waals surface area contributed by atoms with Crippen molar-refractivity contribution in [3.8, 4) is 0 Å². The predicted octanol–water partition coefficient (Wildman–Crippen LogP) is 3.09. The minimum Gasteiger partial charge on any atom is -0.369 e. The predicted molar refractivity (Wildman–Crippen MR) is 68.9 cm³/mol. The normalized spacial score (nSPS) is 14.1. The number of nitrogens with one attached hydrogen (secondary N) is 1. The maximum Gasteiger partial charge on any atom is 0.124 e. The highest BCUT2D eigenvalue weighted by molar-refractivity contribution is 7.11. The van der Waals surface area contributed by atoms with Crippen molar-refractivity contribution in [3.05, 3.63) is 16.1 Å². The van der Waals surface area contributed by atoms with Gasteiger partial charge in [0.2, 0.25) is 0 Å². The van der Waals surface area contributed by atoms with E-state index in [9.17, 15) is 0 Å². The number of hydrogen-bond acceptors (Lipinski definition) is 4. The standard InChI is InChI=1S/C12H22N2OS/c1-6-13-9(3)10-8-14-11(16-10)12(4,5)15-7-2/h8-9,13H,6-7H2,1-5H3. The molecule has 4 heteroatoms. The van der Waals surface area contributed by atoms with Crippen molar-refractivity contribution < 1.29 is 4.74 Å². The Bertz CT molecular complexity index is 323. The van der Waals surface area contributed by atoms with E-state index in [0.717, 1.165) is 11.6 Å². The molecule has 1 N–H and O–H groups in total. The Balaban J connectivity index is 2.78. The molecule has 0 bridgehead atoms. The molecule has 0 amide bonds. The van der Waals surface area contributed by atoms with E-state index < -0.39 is 0 Å². The van der Waals surface area contributed by atoms with Gasteiger partial charge in [-0.2, -0.15) is 0 Å². The summed E-state index contributed by atoms with van der Waals surface area (Å²) in [6.45, 7) is 12.1. The molecule has 1 atom stereocenters. The molecule has 0 saturated heterocycles. The molecule has 0 aliphatic carbocycles. The van der Waals surface area contributed by atoms with Gasteiger partial charge in [0.15, 0.2) is 0 Å². The lowest BCUT2D eigenvalue weighted by atomic mass is 10.1. The SMILES string of the molecule is CCNC(C)c1cnc(C(C)(C)OCC)s1. The molecular formula is C12H22N2OS. The Morgan fingerprint density at radius 1 is 1.50 bits per heavy atom. The van der Waals surface area contributed by atoms with Gasteiger partial charge in [-0.25, -0.2) is 4.98 Å². The Morgan fingerprint density at radius 2 is 2.19 bits per heavy atom. The number of thiazole rings is 1. The van der Waals surface area contributed by atoms with Crippen LogP contribution in [0.25, 0.3) is 0 Å². The molecule has 3 nitrogen and oxygen atoms in total. The van der Waals surface area contributed by atoms with Crippen LogP contribution in [-0.4, -0.2) is 18.1 Å². The van der Waals surface area contributed by atoms with E-state index in [-0.39, 0.29) is 5.60 Å². The van der Waals surface area contributed by atoms with E-state index >= 15 is 0 Å². The zero-order valence-corrected chi connectivity index (χ0v) is 11.6. The first-order valence-corrected chi connectivity index (χ1v) is 6.66. The van der Waals surface area contributed by atoms with Crippen LogP contribution in [0.4, 0.5) is 0 Å². The van der Waals surface area contributed by atoms with Gasteiger partial charge in [0.1, 0.15) is 10.6 Å². The maximum atomic E-state index is 5.70. The highest BCUT2D eigenvalue weighted by Crippen LogP contribution is 2.31. The van der Waals surface area contributed by atoms with Crippen LogP contribution < -0.4 is 5.32 Å². The molecule has 0 fully saturated rings. The molecule has 1 aromatic rings. The molecule has 92 valence electrons. The number of rotatable bonds is 6. The average molecular weight is 242 g/mol. The summed E-state index contributed by atoms with van der Waals surface area (Å²) >= 11 is 1.73. The fourth-order valence-corrected chi connectivity index (χ4v) is 2.59. The molecule has 0 aromatic carbocycles. The van der Waals surface area contributed by atoms with Gasteiger partial charge in [-0.3, -0.25) is 0 Å². The summed E-state index contributed by atoms with van der Waals surface area (Å²) < 4.78 is 5.70. The van der Waals surface area contributed by atoms with Gasteiger partial charge < -0.3 is 10.1 Å². The van der Waals surface area contributed by atoms with E-state index in [2.05, 4.69) is 38.0 Å². The Labute approximate surface area is 102 Å². The first-order chi connectivity index (χ1) is 7.51. The largest absolute Gasteiger partial charge is 0.369 e. The summed E-state index contributed by atoms with van der Waals surface area (Å²) in [6.07, 6.45) is 1.95. The zero-order valence-electron chi connectivity index (χ0n) is 10.8. The fraction of sp³-hybridized carbons (Fsp3) is 0.750. The molecular weight excluding hydrogens is 220 g/mol. The van der Waals surface area contributed by atoms with Crippen molar-refractivity contribution in [2.24, 2.45) is 0 Å². The average Bonchev–Trinajstić information content (AvgIpc) is 2.67. The first kappa shape index (κ1) is 13.6. The quantitative estimate of drug-likeness (QED) is 0.832. The van der Waals surface area contributed by atoms with Crippen LogP contribution in [0.3, 0.4) is 0 Å². The van der Waals surface area contributed by atoms with Gasteiger partial charge in [0.25, 0.3) is 0 Å². The van der Waals surface area contributed by atoms with E-state index in [1.807, 2.05) is 13.1 Å². The summed E-state index contributed by atoms with van der Waals surface area (Å²) in [5.41, 5.74) is -0.274. The van der Waals surface area contributed by atoms with E-state index in [0.29, 0.717) is 12.6 Å². The second kappa shape index (κ2) is 5.75. The summed E-state index contributed by atoms with van der Waals surface area (Å²) in [5, 5.41) is 4.44. The highest BCUT2D eigenvalue weighted by Gasteiger charge is 2.25. The summed E-state index contributed by atoms with van der Waals surface area (Å²) in [5.74, 6) is 0. The van der Waals surface area contributed by atoms with Gasteiger partial charge in [-0.1, -0.05) is 6.92 Å². The minimum absolute atomic E-state index is 0.274. The lowest BCUT2D eigenvalue weighted by molar-refractivity contribution is -0.0141. The van der Waals surface area contributed by atoms with Crippen molar-refractivity contribution in [2.45, 2.75) is 46.3 Å². The van der Waals surface area contributed by atoms with E-state index in [4.69, 9.17) is 4.74 Å². The molecule has 0 saturated carbocycles. The molecule has 0 spiro atoms. The van der Waals surface area contributed by atoms with Gasteiger partial charge in [0, 0.05) is 23.7 Å². The van der Waals surface area contributed by atoms with Gasteiger partial charge in [0.05, 0.1) is 0 Å². The number of nitrogens with zero attached hydrogens (tertiary/aromatic N) is 1. The highest BCUT2D eigenvalue weighted by atomic mass is 32.1. The van der Waals surface area contributed by atoms with Crippen LogP contribution >= 0.6 is 11.3 Å². The summed E-state index contributed by atoms with van der Waals surface area (Å²) in [4.78, 5) is 5.73. The third-order valence-electron chi connectivity index (χ3n) is 2.48. The van der Waals surface area contributed by atoms with Crippen molar-refractivity contribution in [2.75, 3.05) is 13.2 Å². The lowest BCUT2D eigenvalue weighted by Gasteiger charge is -2.21. The molecule has 16 heavy (non-hydrogen) atoms. The number of hydrogen-bond donors (Lipinski definition) is 1. The van der Waals surface area contributed by atoms with Crippen molar-refractivity contribution >= 4 is 11.3 Å². The van der Waals surface area contributed by atoms with Crippen LogP contribution in [0.2, 0.25) is 0 Å². The zero-order chi connectivity index (χ0) is 12.2. The fourth-order valence-electron chi connectivity index (χ4n) is 1.59. The van der Waals surface area contributed by atoms with E-state index in [1.165, 1.54) is 4.88 Å². The van der Waals surface area contributed by atoms with Crippen molar-refractivity contribution in [1.29, 1.82) is 0 Å². The van der Waals surface area contributed by atoms with E-state index in [1.54, 1.807) is 11.3 Å². The van der Waals surface area contributed by atoms with Crippen LogP contribution in [0.1, 0.15) is 50.5 Å². The monoisotopic (exact) mass is 242 g/mol. The second-order valence-electron chi connectivity index (χ2n) is 4.29. The second-order valence-corrected chi connectivity index (χ2v) is 5.35. The van der Waals surface area contributed by atoms with Crippen molar-refractivity contribution in [3.63, 3.8) is 0 Å².